The van der Waals surface area contributed by atoms with Gasteiger partial charge in [0.25, 0.3) is 0 Å². The Bertz CT molecular complexity index is 655. The van der Waals surface area contributed by atoms with E-state index < -0.39 is 12.2 Å². The highest BCUT2D eigenvalue weighted by atomic mass is 19.4. The van der Waals surface area contributed by atoms with Crippen molar-refractivity contribution in [2.75, 3.05) is 6.61 Å². The molecule has 24 heavy (non-hydrogen) atoms. The summed E-state index contributed by atoms with van der Waals surface area (Å²) in [6, 6.07) is 8.30. The van der Waals surface area contributed by atoms with Crippen molar-refractivity contribution >= 4 is 10.8 Å². The third-order valence-electron chi connectivity index (χ3n) is 4.09. The standard InChI is InChI=1S/C19H24F3NO/c1-2-3-4-5-8-13-24-17-15-10-7-6-9-14(15)11-12-16(17)18(23)19(20,21)22/h6-7,9-12,18H,2-5,8,13,23H2,1H3/t18-/m0/s1. The van der Waals surface area contributed by atoms with E-state index >= 15 is 0 Å². The van der Waals surface area contributed by atoms with Crippen molar-refractivity contribution in [3.8, 4) is 5.75 Å². The number of benzene rings is 2. The summed E-state index contributed by atoms with van der Waals surface area (Å²) in [6.07, 6.45) is 0.766. The summed E-state index contributed by atoms with van der Waals surface area (Å²) >= 11 is 0. The van der Waals surface area contributed by atoms with Crippen molar-refractivity contribution < 1.29 is 17.9 Å². The van der Waals surface area contributed by atoms with Gasteiger partial charge in [0.05, 0.1) is 6.61 Å². The van der Waals surface area contributed by atoms with E-state index in [4.69, 9.17) is 10.5 Å². The molecule has 0 bridgehead atoms. The molecule has 2 nitrogen and oxygen atoms in total. The summed E-state index contributed by atoms with van der Waals surface area (Å²) in [5.41, 5.74) is 5.42. The molecule has 0 heterocycles. The van der Waals surface area contributed by atoms with Gasteiger partial charge in [-0.25, -0.2) is 0 Å². The highest BCUT2D eigenvalue weighted by Gasteiger charge is 2.39. The van der Waals surface area contributed by atoms with Gasteiger partial charge in [0, 0.05) is 10.9 Å². The maximum absolute atomic E-state index is 13.1. The molecule has 5 heteroatoms. The first-order chi connectivity index (χ1) is 11.4. The highest BCUT2D eigenvalue weighted by Crippen LogP contribution is 2.39. The monoisotopic (exact) mass is 339 g/mol. The Balaban J connectivity index is 2.23. The highest BCUT2D eigenvalue weighted by molar-refractivity contribution is 5.89. The molecule has 2 aromatic carbocycles. The summed E-state index contributed by atoms with van der Waals surface area (Å²) in [5.74, 6) is 0.258. The fourth-order valence-electron chi connectivity index (χ4n) is 2.72. The molecule has 0 aliphatic rings. The molecule has 0 saturated carbocycles. The average Bonchev–Trinajstić information content (AvgIpc) is 2.56. The van der Waals surface area contributed by atoms with Crippen LogP contribution < -0.4 is 10.5 Å². The Labute approximate surface area is 140 Å². The first-order valence-electron chi connectivity index (χ1n) is 8.42. The second-order valence-electron chi connectivity index (χ2n) is 5.99. The van der Waals surface area contributed by atoms with Gasteiger partial charge in [0.1, 0.15) is 11.8 Å². The maximum Gasteiger partial charge on any atom is 0.407 e. The largest absolute Gasteiger partial charge is 0.493 e. The van der Waals surface area contributed by atoms with Crippen molar-refractivity contribution in [2.45, 2.75) is 51.2 Å². The minimum atomic E-state index is -4.50. The molecule has 0 saturated heterocycles. The molecule has 2 rings (SSSR count). The predicted octanol–water partition coefficient (Wildman–Crippen LogP) is 5.75. The Kier molecular flexibility index (Phi) is 6.49. The van der Waals surface area contributed by atoms with Crippen molar-refractivity contribution in [1.82, 2.24) is 0 Å². The summed E-state index contributed by atoms with van der Waals surface area (Å²) in [6.45, 7) is 2.53. The zero-order chi connectivity index (χ0) is 17.6. The van der Waals surface area contributed by atoms with Crippen LogP contribution in [0.25, 0.3) is 10.8 Å². The quantitative estimate of drug-likeness (QED) is 0.621. The molecule has 0 radical (unpaired) electrons. The van der Waals surface area contributed by atoms with E-state index in [1.807, 2.05) is 12.1 Å². The number of ether oxygens (including phenoxy) is 1. The van der Waals surface area contributed by atoms with Gasteiger partial charge in [-0.1, -0.05) is 69.0 Å². The van der Waals surface area contributed by atoms with Crippen LogP contribution in [0.15, 0.2) is 36.4 Å². The molecular weight excluding hydrogens is 315 g/mol. The number of unbranched alkanes of at least 4 members (excludes halogenated alkanes) is 4. The third-order valence-corrected chi connectivity index (χ3v) is 4.09. The molecule has 0 aliphatic heterocycles. The predicted molar refractivity (Wildman–Crippen MR) is 91.2 cm³/mol. The van der Waals surface area contributed by atoms with Crippen LogP contribution in [-0.2, 0) is 0 Å². The van der Waals surface area contributed by atoms with E-state index in [2.05, 4.69) is 6.92 Å². The fraction of sp³-hybridized carbons (Fsp3) is 0.474. The molecule has 0 unspecified atom stereocenters. The van der Waals surface area contributed by atoms with E-state index in [1.165, 1.54) is 12.5 Å². The van der Waals surface area contributed by atoms with E-state index in [-0.39, 0.29) is 11.3 Å². The zero-order valence-electron chi connectivity index (χ0n) is 13.9. The first-order valence-corrected chi connectivity index (χ1v) is 8.42. The lowest BCUT2D eigenvalue weighted by atomic mass is 10.00. The van der Waals surface area contributed by atoms with Gasteiger partial charge in [-0.15, -0.1) is 0 Å². The lowest BCUT2D eigenvalue weighted by Crippen LogP contribution is -2.29. The number of nitrogens with two attached hydrogens (primary N) is 1. The summed E-state index contributed by atoms with van der Waals surface area (Å²) in [5, 5.41) is 1.51. The smallest absolute Gasteiger partial charge is 0.407 e. The van der Waals surface area contributed by atoms with Crippen LogP contribution in [0.5, 0.6) is 5.75 Å². The lowest BCUT2D eigenvalue weighted by molar-refractivity contribution is -0.149. The Morgan fingerprint density at radius 1 is 1.00 bits per heavy atom. The number of hydrogen-bond donors (Lipinski definition) is 1. The van der Waals surface area contributed by atoms with Gasteiger partial charge >= 0.3 is 6.18 Å². The van der Waals surface area contributed by atoms with Crippen LogP contribution in [-0.4, -0.2) is 12.8 Å². The summed E-state index contributed by atoms with van der Waals surface area (Å²) in [4.78, 5) is 0. The van der Waals surface area contributed by atoms with Crippen molar-refractivity contribution in [3.05, 3.63) is 42.0 Å². The van der Waals surface area contributed by atoms with E-state index in [9.17, 15) is 13.2 Å². The second kappa shape index (κ2) is 8.38. The normalized spacial score (nSPS) is 13.2. The molecular formula is C19H24F3NO. The van der Waals surface area contributed by atoms with E-state index in [0.717, 1.165) is 31.1 Å². The summed E-state index contributed by atoms with van der Waals surface area (Å²) < 4.78 is 45.0. The molecule has 1 atom stereocenters. The van der Waals surface area contributed by atoms with Gasteiger partial charge in [-0.05, 0) is 11.8 Å². The number of halogens is 3. The average molecular weight is 339 g/mol. The first kappa shape index (κ1) is 18.6. The van der Waals surface area contributed by atoms with Crippen molar-refractivity contribution in [2.24, 2.45) is 5.73 Å². The molecule has 0 aromatic heterocycles. The van der Waals surface area contributed by atoms with E-state index in [1.54, 1.807) is 18.2 Å². The van der Waals surface area contributed by atoms with E-state index in [0.29, 0.717) is 12.0 Å². The van der Waals surface area contributed by atoms with Crippen LogP contribution in [0.3, 0.4) is 0 Å². The zero-order valence-corrected chi connectivity index (χ0v) is 13.9. The summed E-state index contributed by atoms with van der Waals surface area (Å²) in [7, 11) is 0. The molecule has 2 N–H and O–H groups in total. The van der Waals surface area contributed by atoms with Crippen LogP contribution in [0.1, 0.15) is 50.6 Å². The number of hydrogen-bond acceptors (Lipinski definition) is 2. The number of alkyl halides is 3. The van der Waals surface area contributed by atoms with Gasteiger partial charge in [-0.3, -0.25) is 0 Å². The van der Waals surface area contributed by atoms with Crippen LogP contribution in [0, 0.1) is 0 Å². The van der Waals surface area contributed by atoms with Crippen molar-refractivity contribution in [1.29, 1.82) is 0 Å². The molecule has 0 aliphatic carbocycles. The van der Waals surface area contributed by atoms with Gasteiger partial charge in [0.15, 0.2) is 0 Å². The topological polar surface area (TPSA) is 35.2 Å². The SMILES string of the molecule is CCCCCCCOc1c([C@H](N)C(F)(F)F)ccc2ccccc12. The van der Waals surface area contributed by atoms with Crippen LogP contribution >= 0.6 is 0 Å². The number of fused-ring (bicyclic) bond motifs is 1. The fourth-order valence-corrected chi connectivity index (χ4v) is 2.72. The minimum absolute atomic E-state index is 0.00485. The maximum atomic E-state index is 13.1. The Hall–Kier alpha value is -1.75. The van der Waals surface area contributed by atoms with Gasteiger partial charge in [0.2, 0.25) is 0 Å². The van der Waals surface area contributed by atoms with Crippen LogP contribution in [0.4, 0.5) is 13.2 Å². The van der Waals surface area contributed by atoms with Gasteiger partial charge < -0.3 is 10.5 Å². The van der Waals surface area contributed by atoms with Crippen LogP contribution in [0.2, 0.25) is 0 Å². The molecule has 0 amide bonds. The Morgan fingerprint density at radius 2 is 1.71 bits per heavy atom. The number of rotatable bonds is 8. The second-order valence-corrected chi connectivity index (χ2v) is 5.99. The molecule has 0 fully saturated rings. The minimum Gasteiger partial charge on any atom is -0.493 e. The van der Waals surface area contributed by atoms with Crippen molar-refractivity contribution in [3.63, 3.8) is 0 Å². The molecule has 132 valence electrons. The third kappa shape index (κ3) is 4.63. The lowest BCUT2D eigenvalue weighted by Gasteiger charge is -2.21. The molecule has 0 spiro atoms. The molecule has 2 aromatic rings. The van der Waals surface area contributed by atoms with Gasteiger partial charge in [-0.2, -0.15) is 13.2 Å². The Morgan fingerprint density at radius 3 is 2.42 bits per heavy atom.